The molecule has 0 bridgehead atoms. The van der Waals surface area contributed by atoms with Gasteiger partial charge in [0.2, 0.25) is 5.76 Å². The molecule has 0 aliphatic carbocycles. The van der Waals surface area contributed by atoms with Crippen molar-refractivity contribution in [3.8, 4) is 5.75 Å². The smallest absolute Gasteiger partial charge is 0.374 e. The Kier molecular flexibility index (Phi) is 6.51. The summed E-state index contributed by atoms with van der Waals surface area (Å²) in [4.78, 5) is 25.6. The highest BCUT2D eigenvalue weighted by Gasteiger charge is 2.24. The number of rotatable bonds is 8. The van der Waals surface area contributed by atoms with Crippen LogP contribution in [0.2, 0.25) is 0 Å². The van der Waals surface area contributed by atoms with E-state index in [4.69, 9.17) is 13.9 Å². The summed E-state index contributed by atoms with van der Waals surface area (Å²) in [5, 5.41) is 3.72. The topological polar surface area (TPSA) is 82.2 Å². The van der Waals surface area contributed by atoms with Crippen molar-refractivity contribution >= 4 is 28.5 Å². The molecule has 7 nitrogen and oxygen atoms in total. The molecule has 3 aromatic rings. The van der Waals surface area contributed by atoms with E-state index in [0.29, 0.717) is 17.8 Å². The number of fused-ring (bicyclic) bond motifs is 1. The van der Waals surface area contributed by atoms with Crippen molar-refractivity contribution in [3.63, 3.8) is 0 Å². The molecule has 0 saturated carbocycles. The average Bonchev–Trinajstić information content (AvgIpc) is 3.07. The van der Waals surface area contributed by atoms with E-state index in [-0.39, 0.29) is 24.8 Å². The van der Waals surface area contributed by atoms with Crippen molar-refractivity contribution in [2.45, 2.75) is 13.5 Å². The molecule has 1 amide bonds. The maximum atomic E-state index is 12.4. The zero-order chi connectivity index (χ0) is 20.8. The number of likely N-dealkylation sites (N-methyl/N-ethyl adjacent to an activating group) is 1. The maximum Gasteiger partial charge on any atom is 0.374 e. The van der Waals surface area contributed by atoms with Crippen LogP contribution in [0.1, 0.15) is 23.0 Å². The van der Waals surface area contributed by atoms with Gasteiger partial charge in [0.25, 0.3) is 5.91 Å². The van der Waals surface area contributed by atoms with E-state index in [1.54, 1.807) is 38.3 Å². The molecule has 0 saturated heterocycles. The fourth-order valence-electron chi connectivity index (χ4n) is 3.15. The van der Waals surface area contributed by atoms with Gasteiger partial charge in [-0.1, -0.05) is 18.2 Å². The van der Waals surface area contributed by atoms with Gasteiger partial charge in [-0.2, -0.15) is 0 Å². The Morgan fingerprint density at radius 2 is 1.83 bits per heavy atom. The summed E-state index contributed by atoms with van der Waals surface area (Å²) in [6, 6.07) is 14.6. The Morgan fingerprint density at radius 1 is 1.10 bits per heavy atom. The summed E-state index contributed by atoms with van der Waals surface area (Å²) in [7, 11) is 3.49. The first-order chi connectivity index (χ1) is 14.0. The summed E-state index contributed by atoms with van der Waals surface area (Å²) < 4.78 is 16.0. The number of methoxy groups -OCH3 is 1. The summed E-state index contributed by atoms with van der Waals surface area (Å²) in [5.74, 6) is 0.305. The Labute approximate surface area is 169 Å². The molecule has 1 aromatic heterocycles. The number of hydrogen-bond acceptors (Lipinski definition) is 5. The first-order valence-corrected chi connectivity index (χ1v) is 9.44. The molecule has 29 heavy (non-hydrogen) atoms. The molecule has 152 valence electrons. The number of carbonyl (C=O) groups is 2. The number of furan rings is 1. The van der Waals surface area contributed by atoms with Gasteiger partial charge in [0.1, 0.15) is 17.9 Å². The van der Waals surface area contributed by atoms with E-state index in [0.717, 1.165) is 21.6 Å². The molecule has 1 heterocycles. The lowest BCUT2D eigenvalue weighted by Gasteiger charge is -2.14. The zero-order valence-corrected chi connectivity index (χ0v) is 16.8. The van der Waals surface area contributed by atoms with Gasteiger partial charge in [-0.25, -0.2) is 4.79 Å². The first-order valence-electron chi connectivity index (χ1n) is 9.44. The Balaban J connectivity index is 1.71. The quantitative estimate of drug-likeness (QED) is 0.570. The monoisotopic (exact) mass is 397 g/mol. The van der Waals surface area contributed by atoms with E-state index in [2.05, 4.69) is 5.32 Å². The molecular formula is C22H25N2O5+. The second-order valence-corrected chi connectivity index (χ2v) is 6.71. The highest BCUT2D eigenvalue weighted by atomic mass is 16.5. The standard InChI is InChI=1S/C22H24N2O5/c1-4-28-22(26)21-18(17-7-5-6-8-19(17)29-21)13-24(2)14-20(25)23-15-9-11-16(27-3)12-10-15/h5-12H,4,13-14H2,1-3H3,(H,23,25)/p+1. The minimum absolute atomic E-state index is 0.127. The third kappa shape index (κ3) is 4.94. The van der Waals surface area contributed by atoms with Crippen LogP contribution in [0.3, 0.4) is 0 Å². The highest BCUT2D eigenvalue weighted by molar-refractivity contribution is 5.96. The summed E-state index contributed by atoms with van der Waals surface area (Å²) in [5.41, 5.74) is 2.07. The van der Waals surface area contributed by atoms with E-state index in [1.807, 2.05) is 31.3 Å². The molecule has 2 N–H and O–H groups in total. The number of hydrogen-bond donors (Lipinski definition) is 2. The molecular weight excluding hydrogens is 372 g/mol. The van der Waals surface area contributed by atoms with Crippen LogP contribution in [-0.4, -0.2) is 39.2 Å². The van der Waals surface area contributed by atoms with Crippen molar-refractivity contribution in [2.75, 3.05) is 32.6 Å². The van der Waals surface area contributed by atoms with E-state index >= 15 is 0 Å². The van der Waals surface area contributed by atoms with Gasteiger partial charge in [0.15, 0.2) is 6.54 Å². The van der Waals surface area contributed by atoms with Crippen LogP contribution in [0.4, 0.5) is 5.69 Å². The second kappa shape index (κ2) is 9.25. The van der Waals surface area contributed by atoms with Gasteiger partial charge >= 0.3 is 5.97 Å². The van der Waals surface area contributed by atoms with Crippen LogP contribution >= 0.6 is 0 Å². The molecule has 1 unspecified atom stereocenters. The maximum absolute atomic E-state index is 12.4. The molecule has 0 fully saturated rings. The molecule has 0 aliphatic heterocycles. The minimum atomic E-state index is -0.491. The summed E-state index contributed by atoms with van der Waals surface area (Å²) in [6.45, 7) is 2.69. The minimum Gasteiger partial charge on any atom is -0.497 e. The number of quaternary nitrogens is 1. The summed E-state index contributed by atoms with van der Waals surface area (Å²) in [6.07, 6.45) is 0. The number of carbonyl (C=O) groups excluding carboxylic acids is 2. The molecule has 7 heteroatoms. The SMILES string of the molecule is CCOC(=O)c1oc2ccccc2c1C[NH+](C)CC(=O)Nc1ccc(OC)cc1. The van der Waals surface area contributed by atoms with Crippen LogP contribution in [0.5, 0.6) is 5.75 Å². The second-order valence-electron chi connectivity index (χ2n) is 6.71. The number of anilines is 1. The molecule has 1 atom stereocenters. The van der Waals surface area contributed by atoms with E-state index < -0.39 is 5.97 Å². The van der Waals surface area contributed by atoms with Gasteiger partial charge in [0.05, 0.1) is 26.3 Å². The number of amides is 1. The molecule has 3 rings (SSSR count). The molecule has 0 spiro atoms. The van der Waals surface area contributed by atoms with E-state index in [9.17, 15) is 9.59 Å². The Bertz CT molecular complexity index is 994. The molecule has 0 radical (unpaired) electrons. The average molecular weight is 397 g/mol. The summed E-state index contributed by atoms with van der Waals surface area (Å²) >= 11 is 0. The number of esters is 1. The third-order valence-electron chi connectivity index (χ3n) is 4.47. The van der Waals surface area contributed by atoms with Crippen molar-refractivity contribution in [1.29, 1.82) is 0 Å². The number of ether oxygens (including phenoxy) is 2. The predicted molar refractivity (Wildman–Crippen MR) is 109 cm³/mol. The third-order valence-corrected chi connectivity index (χ3v) is 4.47. The van der Waals surface area contributed by atoms with Gasteiger partial charge in [-0.05, 0) is 37.3 Å². The van der Waals surface area contributed by atoms with Crippen LogP contribution in [0.25, 0.3) is 11.0 Å². The van der Waals surface area contributed by atoms with Gasteiger partial charge < -0.3 is 24.1 Å². The van der Waals surface area contributed by atoms with Crippen LogP contribution < -0.4 is 15.0 Å². The largest absolute Gasteiger partial charge is 0.497 e. The molecule has 2 aromatic carbocycles. The predicted octanol–water partition coefficient (Wildman–Crippen LogP) is 2.27. The lowest BCUT2D eigenvalue weighted by molar-refractivity contribution is -0.885. The Hall–Kier alpha value is -3.32. The van der Waals surface area contributed by atoms with Crippen LogP contribution in [0, 0.1) is 0 Å². The Morgan fingerprint density at radius 3 is 2.52 bits per heavy atom. The van der Waals surface area contributed by atoms with Crippen molar-refractivity contribution < 1.29 is 28.4 Å². The number of nitrogens with one attached hydrogen (secondary N) is 2. The van der Waals surface area contributed by atoms with Crippen molar-refractivity contribution in [2.24, 2.45) is 0 Å². The van der Waals surface area contributed by atoms with Gasteiger partial charge in [0, 0.05) is 11.1 Å². The number of benzene rings is 2. The fraction of sp³-hybridized carbons (Fsp3) is 0.273. The van der Waals surface area contributed by atoms with Crippen molar-refractivity contribution in [3.05, 3.63) is 59.9 Å². The normalized spacial score (nSPS) is 11.8. The van der Waals surface area contributed by atoms with Crippen LogP contribution in [-0.2, 0) is 16.1 Å². The number of para-hydroxylation sites is 1. The highest BCUT2D eigenvalue weighted by Crippen LogP contribution is 2.26. The lowest BCUT2D eigenvalue weighted by atomic mass is 10.1. The van der Waals surface area contributed by atoms with Crippen LogP contribution in [0.15, 0.2) is 52.9 Å². The molecule has 0 aliphatic rings. The fourth-order valence-corrected chi connectivity index (χ4v) is 3.15. The van der Waals surface area contributed by atoms with Gasteiger partial charge in [-0.3, -0.25) is 4.79 Å². The van der Waals surface area contributed by atoms with Crippen molar-refractivity contribution in [1.82, 2.24) is 0 Å². The lowest BCUT2D eigenvalue weighted by Crippen LogP contribution is -3.08. The first kappa shape index (κ1) is 20.4. The van der Waals surface area contributed by atoms with Gasteiger partial charge in [-0.15, -0.1) is 0 Å². The van der Waals surface area contributed by atoms with E-state index in [1.165, 1.54) is 0 Å². The zero-order valence-electron chi connectivity index (χ0n) is 16.8.